The predicted octanol–water partition coefficient (Wildman–Crippen LogP) is 0.191. The van der Waals surface area contributed by atoms with Crippen molar-refractivity contribution in [1.29, 1.82) is 0 Å². The Morgan fingerprint density at radius 3 is 2.59 bits per heavy atom. The smallest absolute Gasteiger partial charge is 0.246 e. The number of piperidine rings is 1. The summed E-state index contributed by atoms with van der Waals surface area (Å²) in [6, 6.07) is 0. The normalized spacial score (nSPS) is 18.9. The van der Waals surface area contributed by atoms with E-state index in [0.717, 1.165) is 12.8 Å². The van der Waals surface area contributed by atoms with Crippen LogP contribution in [0.4, 0.5) is 0 Å². The van der Waals surface area contributed by atoms with E-state index >= 15 is 0 Å². The largest absolute Gasteiger partial charge is 0.330 e. The van der Waals surface area contributed by atoms with Crippen LogP contribution in [0.5, 0.6) is 0 Å². The molecule has 0 bridgehead atoms. The summed E-state index contributed by atoms with van der Waals surface area (Å²) < 4.78 is 25.7. The molecule has 17 heavy (non-hydrogen) atoms. The Balaban J connectivity index is 0.00000144. The molecule has 0 aliphatic carbocycles. The number of rotatable bonds is 3. The van der Waals surface area contributed by atoms with Crippen LogP contribution in [0, 0.1) is 5.92 Å². The molecule has 0 amide bonds. The van der Waals surface area contributed by atoms with Crippen LogP contribution in [0.25, 0.3) is 0 Å². The average molecular weight is 281 g/mol. The number of nitrogens with one attached hydrogen (secondary N) is 1. The number of hydrogen-bond donors (Lipinski definition) is 2. The van der Waals surface area contributed by atoms with E-state index in [1.165, 1.54) is 16.7 Å². The monoisotopic (exact) mass is 280 g/mol. The number of nitrogens with zero attached hydrogens (tertiary/aromatic N) is 2. The molecule has 2 rings (SSSR count). The fourth-order valence-corrected chi connectivity index (χ4v) is 3.29. The van der Waals surface area contributed by atoms with E-state index in [1.807, 2.05) is 0 Å². The van der Waals surface area contributed by atoms with Crippen LogP contribution in [-0.4, -0.2) is 42.6 Å². The first-order chi connectivity index (χ1) is 7.64. The lowest BCUT2D eigenvalue weighted by Crippen LogP contribution is -2.39. The van der Waals surface area contributed by atoms with Crippen molar-refractivity contribution in [1.82, 2.24) is 14.5 Å². The third-order valence-corrected chi connectivity index (χ3v) is 4.88. The third-order valence-electron chi connectivity index (χ3n) is 3.02. The van der Waals surface area contributed by atoms with Crippen LogP contribution >= 0.6 is 12.4 Å². The van der Waals surface area contributed by atoms with Gasteiger partial charge in [-0.25, -0.2) is 8.42 Å². The van der Waals surface area contributed by atoms with Crippen LogP contribution in [0.2, 0.25) is 0 Å². The zero-order valence-electron chi connectivity index (χ0n) is 9.37. The lowest BCUT2D eigenvalue weighted by molar-refractivity contribution is 0.278. The zero-order chi connectivity index (χ0) is 11.6. The van der Waals surface area contributed by atoms with Gasteiger partial charge in [-0.05, 0) is 25.3 Å². The van der Waals surface area contributed by atoms with Gasteiger partial charge in [0.2, 0.25) is 10.0 Å². The highest BCUT2D eigenvalue weighted by atomic mass is 35.5. The maximum absolute atomic E-state index is 12.1. The van der Waals surface area contributed by atoms with E-state index in [-0.39, 0.29) is 17.3 Å². The van der Waals surface area contributed by atoms with Crippen molar-refractivity contribution in [2.24, 2.45) is 11.7 Å². The van der Waals surface area contributed by atoms with E-state index < -0.39 is 10.0 Å². The number of H-pyrrole nitrogens is 1. The molecule has 6 nitrogen and oxygen atoms in total. The van der Waals surface area contributed by atoms with Gasteiger partial charge >= 0.3 is 0 Å². The molecule has 8 heteroatoms. The van der Waals surface area contributed by atoms with Crippen molar-refractivity contribution < 1.29 is 8.42 Å². The van der Waals surface area contributed by atoms with Crippen LogP contribution < -0.4 is 5.73 Å². The number of nitrogens with two attached hydrogens (primary N) is 1. The van der Waals surface area contributed by atoms with E-state index in [2.05, 4.69) is 10.2 Å². The molecule has 0 aromatic carbocycles. The summed E-state index contributed by atoms with van der Waals surface area (Å²) in [6.45, 7) is 1.74. The Morgan fingerprint density at radius 2 is 2.12 bits per heavy atom. The maximum atomic E-state index is 12.1. The van der Waals surface area contributed by atoms with Gasteiger partial charge in [0.15, 0.2) is 0 Å². The second-order valence-corrected chi connectivity index (χ2v) is 5.96. The number of aromatic amines is 1. The molecular weight excluding hydrogens is 264 g/mol. The van der Waals surface area contributed by atoms with Crippen molar-refractivity contribution in [2.45, 2.75) is 17.7 Å². The van der Waals surface area contributed by atoms with Gasteiger partial charge in [0.05, 0.1) is 6.20 Å². The van der Waals surface area contributed by atoms with Crippen molar-refractivity contribution in [3.63, 3.8) is 0 Å². The SMILES string of the molecule is Cl.NCC1CCN(S(=O)(=O)c2cn[nH]c2)CC1. The van der Waals surface area contributed by atoms with Gasteiger partial charge in [-0.15, -0.1) is 12.4 Å². The third kappa shape index (κ3) is 2.98. The van der Waals surface area contributed by atoms with Crippen molar-refractivity contribution in [3.05, 3.63) is 12.4 Å². The summed E-state index contributed by atoms with van der Waals surface area (Å²) in [6.07, 6.45) is 4.43. The molecule has 1 saturated heterocycles. The summed E-state index contributed by atoms with van der Waals surface area (Å²) >= 11 is 0. The quantitative estimate of drug-likeness (QED) is 0.827. The molecule has 0 unspecified atom stereocenters. The summed E-state index contributed by atoms with van der Waals surface area (Å²) in [5.41, 5.74) is 5.57. The van der Waals surface area contributed by atoms with E-state index in [1.54, 1.807) is 0 Å². The molecule has 1 fully saturated rings. The minimum absolute atomic E-state index is 0. The summed E-state index contributed by atoms with van der Waals surface area (Å²) in [5.74, 6) is 0.454. The maximum Gasteiger partial charge on any atom is 0.246 e. The Hall–Kier alpha value is -0.630. The standard InChI is InChI=1S/C9H16N4O2S.ClH/c10-5-8-1-3-13(4-2-8)16(14,15)9-6-11-12-7-9;/h6-8H,1-5,10H2,(H,11,12);1H. The van der Waals surface area contributed by atoms with Crippen LogP contribution in [0.3, 0.4) is 0 Å². The average Bonchev–Trinajstić information content (AvgIpc) is 2.83. The van der Waals surface area contributed by atoms with Crippen molar-refractivity contribution in [2.75, 3.05) is 19.6 Å². The number of sulfonamides is 1. The van der Waals surface area contributed by atoms with Gasteiger partial charge < -0.3 is 5.73 Å². The zero-order valence-corrected chi connectivity index (χ0v) is 11.0. The summed E-state index contributed by atoms with van der Waals surface area (Å²) in [7, 11) is -3.35. The molecule has 3 N–H and O–H groups in total. The first-order valence-electron chi connectivity index (χ1n) is 5.33. The molecule has 1 aromatic rings. The first kappa shape index (κ1) is 14.4. The molecule has 98 valence electrons. The number of aromatic nitrogens is 2. The van der Waals surface area contributed by atoms with E-state index in [9.17, 15) is 8.42 Å². The summed E-state index contributed by atoms with van der Waals surface area (Å²) in [4.78, 5) is 0.235. The van der Waals surface area contributed by atoms with Gasteiger partial charge in [0.1, 0.15) is 4.90 Å². The van der Waals surface area contributed by atoms with Gasteiger partial charge in [-0.3, -0.25) is 5.10 Å². The predicted molar refractivity (Wildman–Crippen MR) is 66.4 cm³/mol. The van der Waals surface area contributed by atoms with Gasteiger partial charge in [0, 0.05) is 19.3 Å². The van der Waals surface area contributed by atoms with Crippen molar-refractivity contribution >= 4 is 22.4 Å². The topological polar surface area (TPSA) is 92.1 Å². The number of halogens is 1. The molecule has 0 saturated carbocycles. The van der Waals surface area contributed by atoms with Gasteiger partial charge in [0.25, 0.3) is 0 Å². The van der Waals surface area contributed by atoms with E-state index in [0.29, 0.717) is 25.6 Å². The molecule has 0 atom stereocenters. The molecule has 1 aliphatic rings. The highest BCUT2D eigenvalue weighted by Gasteiger charge is 2.29. The molecule has 2 heterocycles. The fourth-order valence-electron chi connectivity index (χ4n) is 1.91. The molecule has 1 aromatic heterocycles. The molecular formula is C9H17ClN4O2S. The van der Waals surface area contributed by atoms with Crippen LogP contribution in [0.15, 0.2) is 17.3 Å². The summed E-state index contributed by atoms with van der Waals surface area (Å²) in [5, 5.41) is 6.18. The van der Waals surface area contributed by atoms with Gasteiger partial charge in [-0.2, -0.15) is 9.40 Å². The highest BCUT2D eigenvalue weighted by molar-refractivity contribution is 7.89. The molecule has 0 radical (unpaired) electrons. The highest BCUT2D eigenvalue weighted by Crippen LogP contribution is 2.22. The van der Waals surface area contributed by atoms with Crippen LogP contribution in [-0.2, 0) is 10.0 Å². The minimum Gasteiger partial charge on any atom is -0.330 e. The minimum atomic E-state index is -3.35. The van der Waals surface area contributed by atoms with E-state index in [4.69, 9.17) is 5.73 Å². The molecule has 0 spiro atoms. The Labute approximate surface area is 107 Å². The van der Waals surface area contributed by atoms with Crippen molar-refractivity contribution in [3.8, 4) is 0 Å². The lowest BCUT2D eigenvalue weighted by Gasteiger charge is -2.30. The van der Waals surface area contributed by atoms with Gasteiger partial charge in [-0.1, -0.05) is 0 Å². The number of hydrogen-bond acceptors (Lipinski definition) is 4. The second-order valence-electron chi connectivity index (χ2n) is 4.02. The van der Waals surface area contributed by atoms with Crippen LogP contribution in [0.1, 0.15) is 12.8 Å². The lowest BCUT2D eigenvalue weighted by atomic mass is 9.99. The fraction of sp³-hybridized carbons (Fsp3) is 0.667. The molecule has 1 aliphatic heterocycles. The Kier molecular flexibility index (Phi) is 4.93. The Morgan fingerprint density at radius 1 is 1.47 bits per heavy atom. The second kappa shape index (κ2) is 5.81. The first-order valence-corrected chi connectivity index (χ1v) is 6.77. The Bertz CT molecular complexity index is 426.